The average Bonchev–Trinajstić information content (AvgIpc) is 2.62. The largest absolute Gasteiger partial charge is 0.508 e. The van der Waals surface area contributed by atoms with Gasteiger partial charge in [0, 0.05) is 6.04 Å². The Morgan fingerprint density at radius 2 is 2.27 bits per heavy atom. The highest BCUT2D eigenvalue weighted by Crippen LogP contribution is 2.22. The molecule has 82 valence electrons. The van der Waals surface area contributed by atoms with Gasteiger partial charge in [0.1, 0.15) is 5.75 Å². The normalized spacial score (nSPS) is 25.7. The highest BCUT2D eigenvalue weighted by molar-refractivity contribution is 5.26. The van der Waals surface area contributed by atoms with E-state index >= 15 is 0 Å². The third-order valence-corrected chi connectivity index (χ3v) is 2.82. The van der Waals surface area contributed by atoms with E-state index in [0.29, 0.717) is 24.5 Å². The zero-order chi connectivity index (χ0) is 10.7. The zero-order valence-electron chi connectivity index (χ0n) is 8.73. The van der Waals surface area contributed by atoms with Crippen molar-refractivity contribution in [3.8, 4) is 5.75 Å². The van der Waals surface area contributed by atoms with E-state index in [4.69, 9.17) is 10.5 Å². The molecule has 0 aromatic heterocycles. The monoisotopic (exact) mass is 207 g/mol. The number of aromatic hydroxyl groups is 1. The predicted molar refractivity (Wildman–Crippen MR) is 58.5 cm³/mol. The Balaban J connectivity index is 1.83. The Morgan fingerprint density at radius 1 is 1.40 bits per heavy atom. The second kappa shape index (κ2) is 4.64. The van der Waals surface area contributed by atoms with E-state index in [9.17, 15) is 5.11 Å². The van der Waals surface area contributed by atoms with Crippen LogP contribution in [0.4, 0.5) is 0 Å². The second-order valence-corrected chi connectivity index (χ2v) is 4.18. The maximum absolute atomic E-state index is 9.27. The molecule has 2 rings (SSSR count). The van der Waals surface area contributed by atoms with Gasteiger partial charge in [0.2, 0.25) is 0 Å². The van der Waals surface area contributed by atoms with Crippen LogP contribution in [0.25, 0.3) is 0 Å². The van der Waals surface area contributed by atoms with E-state index < -0.39 is 0 Å². The van der Waals surface area contributed by atoms with Crippen LogP contribution in [0.15, 0.2) is 24.3 Å². The van der Waals surface area contributed by atoms with Crippen LogP contribution in [0.5, 0.6) is 5.75 Å². The van der Waals surface area contributed by atoms with Crippen molar-refractivity contribution >= 4 is 0 Å². The Kier molecular flexibility index (Phi) is 3.23. The van der Waals surface area contributed by atoms with Gasteiger partial charge in [-0.05, 0) is 37.0 Å². The van der Waals surface area contributed by atoms with Gasteiger partial charge in [0.15, 0.2) is 0 Å². The summed E-state index contributed by atoms with van der Waals surface area (Å²) in [5.74, 6) is 0.291. The predicted octanol–water partition coefficient (Wildman–Crippen LogP) is 1.79. The molecule has 2 atom stereocenters. The van der Waals surface area contributed by atoms with E-state index in [0.717, 1.165) is 24.8 Å². The molecule has 1 fully saturated rings. The van der Waals surface area contributed by atoms with Crippen LogP contribution in [-0.4, -0.2) is 17.3 Å². The lowest BCUT2D eigenvalue weighted by molar-refractivity contribution is 0.0447. The molecule has 3 N–H and O–H groups in total. The van der Waals surface area contributed by atoms with Crippen LogP contribution in [0.2, 0.25) is 0 Å². The SMILES string of the molecule is NC1CCC(OCc2cccc(O)c2)C1. The fourth-order valence-electron chi connectivity index (χ4n) is 1.99. The average molecular weight is 207 g/mol. The second-order valence-electron chi connectivity index (χ2n) is 4.18. The van der Waals surface area contributed by atoms with Crippen molar-refractivity contribution in [3.05, 3.63) is 29.8 Å². The first-order valence-electron chi connectivity index (χ1n) is 5.39. The molecule has 1 aliphatic rings. The molecule has 0 amide bonds. The minimum atomic E-state index is 0.291. The lowest BCUT2D eigenvalue weighted by atomic mass is 10.2. The molecule has 15 heavy (non-hydrogen) atoms. The summed E-state index contributed by atoms with van der Waals surface area (Å²) in [4.78, 5) is 0. The Labute approximate surface area is 89.9 Å². The van der Waals surface area contributed by atoms with Gasteiger partial charge in [0.05, 0.1) is 12.7 Å². The summed E-state index contributed by atoms with van der Waals surface area (Å²) in [6, 6.07) is 7.48. The van der Waals surface area contributed by atoms with Crippen LogP contribution in [0, 0.1) is 0 Å². The molecule has 0 bridgehead atoms. The van der Waals surface area contributed by atoms with Crippen molar-refractivity contribution in [1.29, 1.82) is 0 Å². The van der Waals surface area contributed by atoms with Gasteiger partial charge in [-0.25, -0.2) is 0 Å². The van der Waals surface area contributed by atoms with Crippen LogP contribution in [0.1, 0.15) is 24.8 Å². The maximum atomic E-state index is 9.27. The van der Waals surface area contributed by atoms with E-state index in [2.05, 4.69) is 0 Å². The Bertz CT molecular complexity index is 327. The van der Waals surface area contributed by atoms with E-state index in [1.54, 1.807) is 12.1 Å². The number of rotatable bonds is 3. The highest BCUT2D eigenvalue weighted by Gasteiger charge is 2.21. The fraction of sp³-hybridized carbons (Fsp3) is 0.500. The van der Waals surface area contributed by atoms with Crippen LogP contribution in [0.3, 0.4) is 0 Å². The number of phenols is 1. The molecule has 1 aromatic carbocycles. The summed E-state index contributed by atoms with van der Waals surface area (Å²) in [7, 11) is 0. The van der Waals surface area contributed by atoms with Crippen molar-refractivity contribution in [3.63, 3.8) is 0 Å². The van der Waals surface area contributed by atoms with Crippen molar-refractivity contribution in [2.75, 3.05) is 0 Å². The first kappa shape index (κ1) is 10.5. The Morgan fingerprint density at radius 3 is 2.93 bits per heavy atom. The third-order valence-electron chi connectivity index (χ3n) is 2.82. The molecule has 1 aliphatic carbocycles. The molecule has 3 heteroatoms. The van der Waals surface area contributed by atoms with E-state index in [-0.39, 0.29) is 0 Å². The van der Waals surface area contributed by atoms with Gasteiger partial charge in [0.25, 0.3) is 0 Å². The van der Waals surface area contributed by atoms with Crippen molar-refractivity contribution in [2.24, 2.45) is 5.73 Å². The molecule has 0 saturated heterocycles. The molecule has 1 saturated carbocycles. The number of hydrogen-bond acceptors (Lipinski definition) is 3. The molecular weight excluding hydrogens is 190 g/mol. The van der Waals surface area contributed by atoms with Gasteiger partial charge >= 0.3 is 0 Å². The number of hydrogen-bond donors (Lipinski definition) is 2. The van der Waals surface area contributed by atoms with Crippen molar-refractivity contribution in [1.82, 2.24) is 0 Å². The molecule has 0 spiro atoms. The van der Waals surface area contributed by atoms with Gasteiger partial charge in [-0.2, -0.15) is 0 Å². The molecule has 0 aliphatic heterocycles. The number of phenolic OH excluding ortho intramolecular Hbond substituents is 1. The van der Waals surface area contributed by atoms with Crippen LogP contribution in [-0.2, 0) is 11.3 Å². The van der Waals surface area contributed by atoms with Crippen LogP contribution < -0.4 is 5.73 Å². The quantitative estimate of drug-likeness (QED) is 0.794. The Hall–Kier alpha value is -1.06. The molecular formula is C12H17NO2. The summed E-state index contributed by atoms with van der Waals surface area (Å²) in [6.45, 7) is 0.561. The van der Waals surface area contributed by atoms with E-state index in [1.807, 2.05) is 12.1 Å². The zero-order valence-corrected chi connectivity index (χ0v) is 8.73. The topological polar surface area (TPSA) is 55.5 Å². The lowest BCUT2D eigenvalue weighted by Crippen LogP contribution is -2.17. The van der Waals surface area contributed by atoms with Gasteiger partial charge < -0.3 is 15.6 Å². The standard InChI is InChI=1S/C12H17NO2/c13-10-4-5-12(7-10)15-8-9-2-1-3-11(14)6-9/h1-3,6,10,12,14H,4-5,7-8,13H2. The molecule has 2 unspecified atom stereocenters. The fourth-order valence-corrected chi connectivity index (χ4v) is 1.99. The number of benzene rings is 1. The molecule has 0 radical (unpaired) electrons. The van der Waals surface area contributed by atoms with Crippen molar-refractivity contribution < 1.29 is 9.84 Å². The number of ether oxygens (including phenoxy) is 1. The summed E-state index contributed by atoms with van der Waals surface area (Å²) in [6.07, 6.45) is 3.37. The minimum absolute atomic E-state index is 0.291. The third kappa shape index (κ3) is 2.94. The molecule has 1 aromatic rings. The van der Waals surface area contributed by atoms with E-state index in [1.165, 1.54) is 0 Å². The van der Waals surface area contributed by atoms with Crippen molar-refractivity contribution in [2.45, 2.75) is 38.0 Å². The summed E-state index contributed by atoms with van der Waals surface area (Å²) in [5, 5.41) is 9.27. The van der Waals surface area contributed by atoms with Gasteiger partial charge in [-0.1, -0.05) is 12.1 Å². The number of nitrogens with two attached hydrogens (primary N) is 1. The molecule has 0 heterocycles. The van der Waals surface area contributed by atoms with Gasteiger partial charge in [-0.15, -0.1) is 0 Å². The first-order valence-corrected chi connectivity index (χ1v) is 5.39. The minimum Gasteiger partial charge on any atom is -0.508 e. The van der Waals surface area contributed by atoms with Gasteiger partial charge in [-0.3, -0.25) is 0 Å². The lowest BCUT2D eigenvalue weighted by Gasteiger charge is -2.11. The first-order chi connectivity index (χ1) is 7.24. The molecule has 3 nitrogen and oxygen atoms in total. The summed E-state index contributed by atoms with van der Waals surface area (Å²) >= 11 is 0. The maximum Gasteiger partial charge on any atom is 0.115 e. The summed E-state index contributed by atoms with van der Waals surface area (Å²) in [5.41, 5.74) is 6.81. The summed E-state index contributed by atoms with van der Waals surface area (Å²) < 4.78 is 5.72. The van der Waals surface area contributed by atoms with Crippen LogP contribution >= 0.6 is 0 Å². The smallest absolute Gasteiger partial charge is 0.115 e. The highest BCUT2D eigenvalue weighted by atomic mass is 16.5.